The molecule has 1 aromatic rings. The third kappa shape index (κ3) is 1.26. The molecule has 2 N–H and O–H groups in total. The fourth-order valence-electron chi connectivity index (χ4n) is 2.90. The predicted octanol–water partition coefficient (Wildman–Crippen LogP) is 1.02. The Bertz CT molecular complexity index is 423. The molecule has 3 fully saturated rings. The van der Waals surface area contributed by atoms with Crippen LogP contribution in [0.1, 0.15) is 24.1 Å². The van der Waals surface area contributed by atoms with E-state index in [0.717, 1.165) is 30.3 Å². The smallest absolute Gasteiger partial charge is 0.225 e. The molecular weight excluding hydrogens is 200 g/mol. The van der Waals surface area contributed by atoms with Gasteiger partial charge in [0.2, 0.25) is 5.95 Å². The van der Waals surface area contributed by atoms with Gasteiger partial charge in [0.1, 0.15) is 0 Å². The van der Waals surface area contributed by atoms with E-state index >= 15 is 0 Å². The summed E-state index contributed by atoms with van der Waals surface area (Å²) in [6.45, 7) is 5.92. The molecule has 0 spiro atoms. The standard InChI is InChI=1S/C12H18N4/c1-8-5-14-11(15-9(8)2)16-7-12(6-13)3-10(16)4-12/h5,10H,3-4,6-7,13H2,1-2H3. The van der Waals surface area contributed by atoms with E-state index in [1.165, 1.54) is 12.8 Å². The monoisotopic (exact) mass is 218 g/mol. The molecule has 2 bridgehead atoms. The van der Waals surface area contributed by atoms with Crippen LogP contribution in [0.3, 0.4) is 0 Å². The van der Waals surface area contributed by atoms with Crippen molar-refractivity contribution < 1.29 is 0 Å². The molecule has 0 aromatic carbocycles. The van der Waals surface area contributed by atoms with Gasteiger partial charge < -0.3 is 10.6 Å². The Hall–Kier alpha value is -1.16. The molecule has 16 heavy (non-hydrogen) atoms. The third-order valence-corrected chi connectivity index (χ3v) is 4.19. The van der Waals surface area contributed by atoms with Crippen molar-refractivity contribution in [3.8, 4) is 0 Å². The van der Waals surface area contributed by atoms with Crippen molar-refractivity contribution in [1.82, 2.24) is 9.97 Å². The van der Waals surface area contributed by atoms with Gasteiger partial charge in [0.05, 0.1) is 0 Å². The van der Waals surface area contributed by atoms with Gasteiger partial charge in [-0.25, -0.2) is 9.97 Å². The number of hydrogen-bond donors (Lipinski definition) is 1. The average Bonchev–Trinajstić information content (AvgIpc) is 2.76. The van der Waals surface area contributed by atoms with E-state index in [1.807, 2.05) is 20.0 Å². The maximum Gasteiger partial charge on any atom is 0.225 e. The predicted molar refractivity (Wildman–Crippen MR) is 63.4 cm³/mol. The second-order valence-electron chi connectivity index (χ2n) is 5.33. The first-order valence-electron chi connectivity index (χ1n) is 5.90. The van der Waals surface area contributed by atoms with Crippen LogP contribution in [-0.4, -0.2) is 29.1 Å². The Morgan fingerprint density at radius 1 is 1.50 bits per heavy atom. The maximum atomic E-state index is 5.83. The molecule has 0 unspecified atom stereocenters. The van der Waals surface area contributed by atoms with Crippen LogP contribution < -0.4 is 10.6 Å². The van der Waals surface area contributed by atoms with Crippen LogP contribution in [0.25, 0.3) is 0 Å². The molecule has 4 heteroatoms. The number of hydrogen-bond acceptors (Lipinski definition) is 4. The first-order chi connectivity index (χ1) is 7.63. The molecule has 1 aromatic heterocycles. The molecule has 0 amide bonds. The number of fused-ring (bicyclic) bond motifs is 1. The van der Waals surface area contributed by atoms with Crippen molar-refractivity contribution in [1.29, 1.82) is 0 Å². The summed E-state index contributed by atoms with van der Waals surface area (Å²) in [7, 11) is 0. The molecule has 0 atom stereocenters. The van der Waals surface area contributed by atoms with E-state index in [2.05, 4.69) is 14.9 Å². The number of aromatic nitrogens is 2. The Morgan fingerprint density at radius 3 is 2.81 bits per heavy atom. The molecule has 1 saturated carbocycles. The summed E-state index contributed by atoms with van der Waals surface area (Å²) in [4.78, 5) is 11.3. The van der Waals surface area contributed by atoms with Crippen LogP contribution in [0, 0.1) is 19.3 Å². The highest BCUT2D eigenvalue weighted by Crippen LogP contribution is 2.51. The van der Waals surface area contributed by atoms with Crippen molar-refractivity contribution in [2.45, 2.75) is 32.7 Å². The summed E-state index contributed by atoms with van der Waals surface area (Å²) in [6.07, 6.45) is 4.36. The Labute approximate surface area is 95.9 Å². The number of nitrogens with two attached hydrogens (primary N) is 1. The zero-order chi connectivity index (χ0) is 11.3. The highest BCUT2D eigenvalue weighted by Gasteiger charge is 2.54. The minimum absolute atomic E-state index is 0.368. The Kier molecular flexibility index (Phi) is 1.98. The zero-order valence-corrected chi connectivity index (χ0v) is 9.90. The van der Waals surface area contributed by atoms with Crippen LogP contribution in [-0.2, 0) is 0 Å². The summed E-state index contributed by atoms with van der Waals surface area (Å²) in [6, 6.07) is 0.630. The van der Waals surface area contributed by atoms with Crippen molar-refractivity contribution in [2.75, 3.05) is 18.0 Å². The molecular formula is C12H18N4. The summed E-state index contributed by atoms with van der Waals surface area (Å²) < 4.78 is 0. The lowest BCUT2D eigenvalue weighted by atomic mass is 9.70. The minimum atomic E-state index is 0.368. The van der Waals surface area contributed by atoms with Crippen molar-refractivity contribution in [2.24, 2.45) is 11.1 Å². The van der Waals surface area contributed by atoms with Crippen LogP contribution >= 0.6 is 0 Å². The van der Waals surface area contributed by atoms with Gasteiger partial charge in [-0.1, -0.05) is 0 Å². The van der Waals surface area contributed by atoms with Crippen LogP contribution in [0.5, 0.6) is 0 Å². The summed E-state index contributed by atoms with van der Waals surface area (Å²) in [5.41, 5.74) is 8.44. The van der Waals surface area contributed by atoms with E-state index < -0.39 is 0 Å². The lowest BCUT2D eigenvalue weighted by molar-refractivity contribution is 0.210. The third-order valence-electron chi connectivity index (χ3n) is 4.19. The first-order valence-corrected chi connectivity index (χ1v) is 5.90. The van der Waals surface area contributed by atoms with Crippen LogP contribution in [0.4, 0.5) is 5.95 Å². The SMILES string of the molecule is Cc1cnc(N2CC3(CN)CC2C3)nc1C. The minimum Gasteiger partial charge on any atom is -0.337 e. The van der Waals surface area contributed by atoms with E-state index in [1.54, 1.807) is 0 Å². The van der Waals surface area contributed by atoms with Gasteiger partial charge >= 0.3 is 0 Å². The lowest BCUT2D eigenvalue weighted by Crippen LogP contribution is -2.40. The highest BCUT2D eigenvalue weighted by molar-refractivity contribution is 5.41. The normalized spacial score (nSPS) is 31.7. The number of anilines is 1. The average molecular weight is 218 g/mol. The Balaban J connectivity index is 1.87. The molecule has 2 aliphatic heterocycles. The van der Waals surface area contributed by atoms with Gasteiger partial charge in [0, 0.05) is 29.9 Å². The van der Waals surface area contributed by atoms with Gasteiger partial charge in [0.25, 0.3) is 0 Å². The van der Waals surface area contributed by atoms with E-state index in [4.69, 9.17) is 5.73 Å². The fraction of sp³-hybridized carbons (Fsp3) is 0.667. The zero-order valence-electron chi connectivity index (χ0n) is 9.90. The van der Waals surface area contributed by atoms with Gasteiger partial charge in [-0.3, -0.25) is 0 Å². The highest BCUT2D eigenvalue weighted by atomic mass is 15.3. The molecule has 4 rings (SSSR count). The molecule has 4 nitrogen and oxygen atoms in total. The second kappa shape index (κ2) is 3.17. The topological polar surface area (TPSA) is 55.0 Å². The first kappa shape index (κ1) is 10.0. The number of aryl methyl sites for hydroxylation is 2. The van der Waals surface area contributed by atoms with E-state index in [0.29, 0.717) is 11.5 Å². The van der Waals surface area contributed by atoms with Crippen molar-refractivity contribution in [3.05, 3.63) is 17.5 Å². The molecule has 3 heterocycles. The molecule has 2 saturated heterocycles. The molecule has 1 aliphatic carbocycles. The van der Waals surface area contributed by atoms with E-state index in [-0.39, 0.29) is 0 Å². The summed E-state index contributed by atoms with van der Waals surface area (Å²) in [5, 5.41) is 0. The largest absolute Gasteiger partial charge is 0.337 e. The van der Waals surface area contributed by atoms with Crippen LogP contribution in [0.15, 0.2) is 6.20 Å². The van der Waals surface area contributed by atoms with Crippen molar-refractivity contribution in [3.63, 3.8) is 0 Å². The maximum absolute atomic E-state index is 5.83. The number of nitrogens with zero attached hydrogens (tertiary/aromatic N) is 3. The number of rotatable bonds is 2. The molecule has 3 aliphatic rings. The quantitative estimate of drug-likeness (QED) is 0.805. The summed E-state index contributed by atoms with van der Waals surface area (Å²) in [5.74, 6) is 0.890. The fourth-order valence-corrected chi connectivity index (χ4v) is 2.90. The molecule has 0 radical (unpaired) electrons. The second-order valence-corrected chi connectivity index (χ2v) is 5.33. The van der Waals surface area contributed by atoms with Gasteiger partial charge in [-0.2, -0.15) is 0 Å². The van der Waals surface area contributed by atoms with Crippen molar-refractivity contribution >= 4 is 5.95 Å². The van der Waals surface area contributed by atoms with Crippen LogP contribution in [0.2, 0.25) is 0 Å². The van der Waals surface area contributed by atoms with Gasteiger partial charge in [-0.15, -0.1) is 0 Å². The summed E-state index contributed by atoms with van der Waals surface area (Å²) >= 11 is 0. The molecule has 86 valence electrons. The van der Waals surface area contributed by atoms with E-state index in [9.17, 15) is 0 Å². The Morgan fingerprint density at radius 2 is 2.25 bits per heavy atom. The van der Waals surface area contributed by atoms with Gasteiger partial charge in [0.15, 0.2) is 0 Å². The van der Waals surface area contributed by atoms with Gasteiger partial charge in [-0.05, 0) is 38.8 Å². The lowest BCUT2D eigenvalue weighted by Gasteiger charge is -2.35.